The predicted molar refractivity (Wildman–Crippen MR) is 84.3 cm³/mol. The van der Waals surface area contributed by atoms with Crippen LogP contribution in [0.3, 0.4) is 0 Å². The zero-order chi connectivity index (χ0) is 15.6. The lowest BCUT2D eigenvalue weighted by atomic mass is 9.92. The Morgan fingerprint density at radius 3 is 3.14 bits per heavy atom. The normalized spacial score (nSPS) is 27.4. The van der Waals surface area contributed by atoms with E-state index in [4.69, 9.17) is 21.1 Å². The maximum atomic E-state index is 12.3. The van der Waals surface area contributed by atoms with Crippen molar-refractivity contribution in [3.05, 3.63) is 34.9 Å². The van der Waals surface area contributed by atoms with Crippen molar-refractivity contribution >= 4 is 23.5 Å². The highest BCUT2D eigenvalue weighted by molar-refractivity contribution is 6.30. The van der Waals surface area contributed by atoms with E-state index in [9.17, 15) is 4.79 Å². The maximum absolute atomic E-state index is 12.3. The van der Waals surface area contributed by atoms with Crippen LogP contribution in [-0.2, 0) is 20.7 Å². The Morgan fingerprint density at radius 2 is 2.45 bits per heavy atom. The second-order valence-electron chi connectivity index (χ2n) is 5.72. The maximum Gasteiger partial charge on any atom is 0.337 e. The molecule has 1 aromatic rings. The predicted octanol–water partition coefficient (Wildman–Crippen LogP) is 1.97. The highest BCUT2D eigenvalue weighted by atomic mass is 35.5. The number of esters is 1. The summed E-state index contributed by atoms with van der Waals surface area (Å²) in [4.78, 5) is 16.9. The number of ether oxygens (including phenoxy) is 2. The number of hydrogen-bond acceptors (Lipinski definition) is 5. The first-order chi connectivity index (χ1) is 10.6. The Balaban J connectivity index is 1.87. The number of rotatable bonds is 4. The summed E-state index contributed by atoms with van der Waals surface area (Å²) in [7, 11) is 1.38. The molecule has 0 aliphatic carbocycles. The second-order valence-corrected chi connectivity index (χ2v) is 6.15. The zero-order valence-electron chi connectivity index (χ0n) is 12.5. The van der Waals surface area contributed by atoms with Crippen molar-refractivity contribution in [2.45, 2.75) is 30.8 Å². The average Bonchev–Trinajstić information content (AvgIpc) is 3.16. The van der Waals surface area contributed by atoms with Crippen molar-refractivity contribution in [3.8, 4) is 0 Å². The van der Waals surface area contributed by atoms with E-state index in [0.29, 0.717) is 17.3 Å². The van der Waals surface area contributed by atoms with E-state index < -0.39 is 5.54 Å². The lowest BCUT2D eigenvalue weighted by molar-refractivity contribution is -0.147. The van der Waals surface area contributed by atoms with Crippen LogP contribution in [0.1, 0.15) is 18.4 Å². The standard InChI is InChI=1S/C16H19ClN2O3/c1-21-15(20)16(9-11-4-2-5-12(17)8-11)10-22-14(19-16)13-6-3-7-18-13/h2,4-5,8,13,18H,3,6-7,9-10H2,1H3. The van der Waals surface area contributed by atoms with Gasteiger partial charge in [0.05, 0.1) is 13.2 Å². The molecule has 0 aromatic heterocycles. The number of carbonyl (C=O) groups excluding carboxylic acids is 1. The third-order valence-corrected chi connectivity index (χ3v) is 4.33. The number of hydrogen-bond donors (Lipinski definition) is 1. The average molecular weight is 323 g/mol. The Bertz CT molecular complexity index is 599. The summed E-state index contributed by atoms with van der Waals surface area (Å²) >= 11 is 6.03. The van der Waals surface area contributed by atoms with Crippen molar-refractivity contribution in [1.29, 1.82) is 0 Å². The molecule has 2 aliphatic rings. The van der Waals surface area contributed by atoms with Gasteiger partial charge in [-0.3, -0.25) is 0 Å². The van der Waals surface area contributed by atoms with Crippen LogP contribution in [0.25, 0.3) is 0 Å². The third-order valence-electron chi connectivity index (χ3n) is 4.09. The fourth-order valence-electron chi connectivity index (χ4n) is 2.98. The fraction of sp³-hybridized carbons (Fsp3) is 0.500. The van der Waals surface area contributed by atoms with Crippen LogP contribution >= 0.6 is 11.6 Å². The Kier molecular flexibility index (Phi) is 4.36. The van der Waals surface area contributed by atoms with Gasteiger partial charge in [-0.2, -0.15) is 0 Å². The van der Waals surface area contributed by atoms with Gasteiger partial charge >= 0.3 is 5.97 Å². The topological polar surface area (TPSA) is 59.9 Å². The molecule has 1 fully saturated rings. The Labute approximate surface area is 134 Å². The molecule has 3 rings (SSSR count). The van der Waals surface area contributed by atoms with E-state index in [1.165, 1.54) is 7.11 Å². The summed E-state index contributed by atoms with van der Waals surface area (Å²) in [5, 5.41) is 3.97. The molecule has 2 atom stereocenters. The first-order valence-corrected chi connectivity index (χ1v) is 7.79. The molecule has 2 unspecified atom stereocenters. The Hall–Kier alpha value is -1.59. The number of aliphatic imine (C=N–C) groups is 1. The van der Waals surface area contributed by atoms with Gasteiger partial charge in [-0.25, -0.2) is 9.79 Å². The summed E-state index contributed by atoms with van der Waals surface area (Å²) in [5.41, 5.74) is -0.0788. The monoisotopic (exact) mass is 322 g/mol. The van der Waals surface area contributed by atoms with E-state index in [1.807, 2.05) is 18.2 Å². The number of nitrogens with one attached hydrogen (secondary N) is 1. The second kappa shape index (κ2) is 6.26. The molecule has 22 heavy (non-hydrogen) atoms. The summed E-state index contributed by atoms with van der Waals surface area (Å²) in [6.07, 6.45) is 2.48. The van der Waals surface area contributed by atoms with Gasteiger partial charge in [0.2, 0.25) is 5.90 Å². The van der Waals surface area contributed by atoms with Crippen LogP contribution in [0.5, 0.6) is 0 Å². The van der Waals surface area contributed by atoms with Crippen molar-refractivity contribution < 1.29 is 14.3 Å². The van der Waals surface area contributed by atoms with E-state index in [1.54, 1.807) is 6.07 Å². The number of benzene rings is 1. The molecule has 0 bridgehead atoms. The Morgan fingerprint density at radius 1 is 1.59 bits per heavy atom. The van der Waals surface area contributed by atoms with Crippen LogP contribution < -0.4 is 5.32 Å². The van der Waals surface area contributed by atoms with Gasteiger partial charge in [-0.1, -0.05) is 23.7 Å². The van der Waals surface area contributed by atoms with Gasteiger partial charge in [0.15, 0.2) is 5.54 Å². The molecule has 2 aliphatic heterocycles. The van der Waals surface area contributed by atoms with Gasteiger partial charge in [0.1, 0.15) is 6.61 Å². The van der Waals surface area contributed by atoms with Crippen LogP contribution in [0.15, 0.2) is 29.3 Å². The third kappa shape index (κ3) is 2.96. The fourth-order valence-corrected chi connectivity index (χ4v) is 3.20. The van der Waals surface area contributed by atoms with Crippen molar-refractivity contribution in [2.24, 2.45) is 4.99 Å². The van der Waals surface area contributed by atoms with Crippen molar-refractivity contribution in [2.75, 3.05) is 20.3 Å². The largest absolute Gasteiger partial charge is 0.477 e. The summed E-state index contributed by atoms with van der Waals surface area (Å²) in [6, 6.07) is 7.54. The molecule has 118 valence electrons. The molecular formula is C16H19ClN2O3. The highest BCUT2D eigenvalue weighted by Gasteiger charge is 2.46. The van der Waals surface area contributed by atoms with Crippen LogP contribution in [0.2, 0.25) is 5.02 Å². The minimum Gasteiger partial charge on any atom is -0.477 e. The van der Waals surface area contributed by atoms with Crippen LogP contribution in [0, 0.1) is 0 Å². The molecule has 1 saturated heterocycles. The van der Waals surface area contributed by atoms with Gasteiger partial charge in [-0.15, -0.1) is 0 Å². The van der Waals surface area contributed by atoms with Crippen LogP contribution in [0.4, 0.5) is 0 Å². The summed E-state index contributed by atoms with van der Waals surface area (Å²) < 4.78 is 10.7. The number of halogens is 1. The molecule has 1 N–H and O–H groups in total. The molecule has 6 heteroatoms. The van der Waals surface area contributed by atoms with Gasteiger partial charge < -0.3 is 14.8 Å². The quantitative estimate of drug-likeness (QED) is 0.861. The molecule has 0 spiro atoms. The van der Waals surface area contributed by atoms with Crippen molar-refractivity contribution in [3.63, 3.8) is 0 Å². The van der Waals surface area contributed by atoms with E-state index in [-0.39, 0.29) is 18.6 Å². The molecule has 0 amide bonds. The van der Waals surface area contributed by atoms with Crippen molar-refractivity contribution in [1.82, 2.24) is 5.32 Å². The molecule has 2 heterocycles. The van der Waals surface area contributed by atoms with Crippen LogP contribution in [-0.4, -0.2) is 43.7 Å². The van der Waals surface area contributed by atoms with E-state index in [2.05, 4.69) is 10.3 Å². The van der Waals surface area contributed by atoms with Gasteiger partial charge in [-0.05, 0) is 37.1 Å². The SMILES string of the molecule is COC(=O)C1(Cc2cccc(Cl)c2)COC(C2CCCN2)=N1. The summed E-state index contributed by atoms with van der Waals surface area (Å²) in [6.45, 7) is 1.16. The zero-order valence-corrected chi connectivity index (χ0v) is 13.2. The molecule has 5 nitrogen and oxygen atoms in total. The lowest BCUT2D eigenvalue weighted by Crippen LogP contribution is -2.41. The molecule has 0 radical (unpaired) electrons. The van der Waals surface area contributed by atoms with Gasteiger partial charge in [0, 0.05) is 11.4 Å². The molecular weight excluding hydrogens is 304 g/mol. The van der Waals surface area contributed by atoms with Gasteiger partial charge in [0.25, 0.3) is 0 Å². The number of nitrogens with zero attached hydrogens (tertiary/aromatic N) is 1. The lowest BCUT2D eigenvalue weighted by Gasteiger charge is -2.21. The first-order valence-electron chi connectivity index (χ1n) is 7.42. The minimum atomic E-state index is -1.01. The highest BCUT2D eigenvalue weighted by Crippen LogP contribution is 2.28. The van der Waals surface area contributed by atoms with E-state index >= 15 is 0 Å². The summed E-state index contributed by atoms with van der Waals surface area (Å²) in [5.74, 6) is 0.241. The number of methoxy groups -OCH3 is 1. The molecule has 0 saturated carbocycles. The smallest absolute Gasteiger partial charge is 0.337 e. The first kappa shape index (κ1) is 15.3. The minimum absolute atomic E-state index is 0.103. The number of carbonyl (C=O) groups is 1. The van der Waals surface area contributed by atoms with E-state index in [0.717, 1.165) is 24.9 Å². The molecule has 1 aromatic carbocycles.